The van der Waals surface area contributed by atoms with Crippen LogP contribution in [0.2, 0.25) is 5.02 Å². The Labute approximate surface area is 135 Å². The fraction of sp³-hybridized carbons (Fsp3) is 0.429. The summed E-state index contributed by atoms with van der Waals surface area (Å²) < 4.78 is 0. The van der Waals surface area contributed by atoms with Gasteiger partial charge in [-0.1, -0.05) is 23.7 Å². The third-order valence-electron chi connectivity index (χ3n) is 2.77. The van der Waals surface area contributed by atoms with Crippen molar-refractivity contribution in [1.29, 1.82) is 0 Å². The number of likely N-dealkylation sites (N-methyl/N-ethyl adjacent to an activating group) is 1. The first-order valence-electron chi connectivity index (χ1n) is 6.39. The van der Waals surface area contributed by atoms with Gasteiger partial charge in [0.2, 0.25) is 5.91 Å². The maximum atomic E-state index is 11.6. The average molecular weight is 335 g/mol. The highest BCUT2D eigenvalue weighted by Gasteiger charge is 2.07. The molecule has 0 spiro atoms. The molecular weight excluding hydrogens is 315 g/mol. The van der Waals surface area contributed by atoms with Gasteiger partial charge in [-0.05, 0) is 31.2 Å². The summed E-state index contributed by atoms with van der Waals surface area (Å²) in [4.78, 5) is 23.7. The van der Waals surface area contributed by atoms with Gasteiger partial charge in [0.15, 0.2) is 0 Å². The van der Waals surface area contributed by atoms with E-state index >= 15 is 0 Å². The van der Waals surface area contributed by atoms with Gasteiger partial charge in [-0.25, -0.2) is 0 Å². The van der Waals surface area contributed by atoms with Crippen LogP contribution < -0.4 is 5.32 Å². The predicted octanol–water partition coefficient (Wildman–Crippen LogP) is 1.83. The topological polar surface area (TPSA) is 69.6 Å². The molecule has 0 heterocycles. The van der Waals surface area contributed by atoms with Gasteiger partial charge in [0, 0.05) is 18.1 Å². The van der Waals surface area contributed by atoms with Crippen LogP contribution in [-0.2, 0) is 16.0 Å². The molecule has 1 aromatic carbocycles. The lowest BCUT2D eigenvalue weighted by atomic mass is 10.1. The first kappa shape index (κ1) is 19.7. The summed E-state index contributed by atoms with van der Waals surface area (Å²) in [6.45, 7) is 1.11. The Kier molecular flexibility index (Phi) is 9.78. The maximum Gasteiger partial charge on any atom is 0.304 e. The van der Waals surface area contributed by atoms with Gasteiger partial charge in [-0.15, -0.1) is 12.4 Å². The Balaban J connectivity index is 0.00000400. The minimum absolute atomic E-state index is 0. The van der Waals surface area contributed by atoms with Crippen molar-refractivity contribution in [1.82, 2.24) is 10.2 Å². The van der Waals surface area contributed by atoms with E-state index in [-0.39, 0.29) is 31.3 Å². The summed E-state index contributed by atoms with van der Waals surface area (Å²) in [7, 11) is 1.72. The Bertz CT molecular complexity index is 452. The van der Waals surface area contributed by atoms with Crippen LogP contribution >= 0.6 is 24.0 Å². The number of amides is 1. The molecule has 0 atom stereocenters. The Morgan fingerprint density at radius 2 is 1.90 bits per heavy atom. The largest absolute Gasteiger partial charge is 0.481 e. The van der Waals surface area contributed by atoms with Crippen LogP contribution in [-0.4, -0.2) is 48.6 Å². The number of aliphatic carboxylic acids is 1. The molecule has 21 heavy (non-hydrogen) atoms. The minimum Gasteiger partial charge on any atom is -0.481 e. The van der Waals surface area contributed by atoms with Gasteiger partial charge in [-0.2, -0.15) is 0 Å². The summed E-state index contributed by atoms with van der Waals surface area (Å²) >= 11 is 5.79. The van der Waals surface area contributed by atoms with Crippen LogP contribution in [0.15, 0.2) is 24.3 Å². The van der Waals surface area contributed by atoms with Crippen molar-refractivity contribution in [2.75, 3.05) is 26.7 Å². The zero-order valence-corrected chi connectivity index (χ0v) is 13.4. The Morgan fingerprint density at radius 1 is 1.29 bits per heavy atom. The van der Waals surface area contributed by atoms with E-state index in [0.717, 1.165) is 12.0 Å². The number of nitrogens with one attached hydrogen (secondary N) is 1. The standard InChI is InChI=1S/C14H19ClN2O3.ClH/c1-17(9-7-14(19)20)10-13(18)16-8-6-11-2-4-12(15)5-3-11;/h2-5H,6-10H2,1H3,(H,16,18)(H,19,20);1H. The summed E-state index contributed by atoms with van der Waals surface area (Å²) in [5.74, 6) is -0.966. The van der Waals surface area contributed by atoms with Gasteiger partial charge < -0.3 is 10.4 Å². The number of carbonyl (C=O) groups excluding carboxylic acids is 1. The highest BCUT2D eigenvalue weighted by Crippen LogP contribution is 2.09. The normalized spacial score (nSPS) is 10.0. The molecule has 118 valence electrons. The second-order valence-electron chi connectivity index (χ2n) is 4.61. The lowest BCUT2D eigenvalue weighted by Crippen LogP contribution is -2.36. The fourth-order valence-electron chi connectivity index (χ4n) is 1.66. The van der Waals surface area contributed by atoms with Crippen LogP contribution in [0.5, 0.6) is 0 Å². The highest BCUT2D eigenvalue weighted by molar-refractivity contribution is 6.30. The van der Waals surface area contributed by atoms with Gasteiger partial charge in [0.1, 0.15) is 0 Å². The Morgan fingerprint density at radius 3 is 2.48 bits per heavy atom. The fourth-order valence-corrected chi connectivity index (χ4v) is 1.79. The van der Waals surface area contributed by atoms with E-state index < -0.39 is 5.97 Å². The lowest BCUT2D eigenvalue weighted by molar-refractivity contribution is -0.137. The van der Waals surface area contributed by atoms with Crippen molar-refractivity contribution in [3.63, 3.8) is 0 Å². The van der Waals surface area contributed by atoms with Crippen molar-refractivity contribution in [2.24, 2.45) is 0 Å². The number of rotatable bonds is 8. The minimum atomic E-state index is -0.861. The Hall–Kier alpha value is -1.30. The molecule has 0 aliphatic rings. The maximum absolute atomic E-state index is 11.6. The molecule has 7 heteroatoms. The van der Waals surface area contributed by atoms with E-state index in [0.29, 0.717) is 18.1 Å². The van der Waals surface area contributed by atoms with Crippen molar-refractivity contribution in [2.45, 2.75) is 12.8 Å². The number of halogens is 2. The van der Waals surface area contributed by atoms with Crippen molar-refractivity contribution in [3.05, 3.63) is 34.9 Å². The summed E-state index contributed by atoms with van der Waals surface area (Å²) in [6, 6.07) is 7.48. The van der Waals surface area contributed by atoms with Crippen LogP contribution in [0.3, 0.4) is 0 Å². The third kappa shape index (κ3) is 9.28. The molecule has 1 rings (SSSR count). The molecule has 0 radical (unpaired) electrons. The highest BCUT2D eigenvalue weighted by atomic mass is 35.5. The zero-order chi connectivity index (χ0) is 15.0. The van der Waals surface area contributed by atoms with Crippen molar-refractivity contribution >= 4 is 35.9 Å². The molecule has 0 saturated carbocycles. The van der Waals surface area contributed by atoms with Gasteiger partial charge in [-0.3, -0.25) is 14.5 Å². The van der Waals surface area contributed by atoms with Gasteiger partial charge >= 0.3 is 5.97 Å². The predicted molar refractivity (Wildman–Crippen MR) is 85.2 cm³/mol. The number of hydrogen-bond donors (Lipinski definition) is 2. The third-order valence-corrected chi connectivity index (χ3v) is 3.02. The van der Waals surface area contributed by atoms with E-state index in [1.165, 1.54) is 0 Å². The summed E-state index contributed by atoms with van der Waals surface area (Å²) in [6.07, 6.45) is 0.774. The number of carboxylic acids is 1. The molecule has 1 amide bonds. The average Bonchev–Trinajstić information content (AvgIpc) is 2.38. The molecule has 1 aromatic rings. The van der Waals surface area contributed by atoms with Crippen LogP contribution in [0, 0.1) is 0 Å². The quantitative estimate of drug-likeness (QED) is 0.760. The first-order chi connectivity index (χ1) is 9.47. The lowest BCUT2D eigenvalue weighted by Gasteiger charge is -2.14. The summed E-state index contributed by atoms with van der Waals surface area (Å²) in [5, 5.41) is 12.0. The second-order valence-corrected chi connectivity index (χ2v) is 5.04. The van der Waals surface area contributed by atoms with Crippen LogP contribution in [0.25, 0.3) is 0 Å². The van der Waals surface area contributed by atoms with Crippen LogP contribution in [0.4, 0.5) is 0 Å². The van der Waals surface area contributed by atoms with Gasteiger partial charge in [0.05, 0.1) is 13.0 Å². The molecule has 5 nitrogen and oxygen atoms in total. The number of carboxylic acid groups (broad SMARTS) is 1. The zero-order valence-electron chi connectivity index (χ0n) is 11.8. The molecule has 0 saturated heterocycles. The number of benzene rings is 1. The molecule has 0 aromatic heterocycles. The number of carbonyl (C=O) groups is 2. The number of hydrogen-bond acceptors (Lipinski definition) is 3. The molecular formula is C14H20Cl2N2O3. The molecule has 0 unspecified atom stereocenters. The van der Waals surface area contributed by atoms with Crippen LogP contribution in [0.1, 0.15) is 12.0 Å². The monoisotopic (exact) mass is 334 g/mol. The van der Waals surface area contributed by atoms with E-state index in [4.69, 9.17) is 16.7 Å². The van der Waals surface area contributed by atoms with Gasteiger partial charge in [0.25, 0.3) is 0 Å². The van der Waals surface area contributed by atoms with E-state index in [1.54, 1.807) is 11.9 Å². The molecule has 0 fully saturated rings. The van der Waals surface area contributed by atoms with E-state index in [2.05, 4.69) is 5.32 Å². The second kappa shape index (κ2) is 10.4. The van der Waals surface area contributed by atoms with Crippen molar-refractivity contribution in [3.8, 4) is 0 Å². The SMILES string of the molecule is CN(CCC(=O)O)CC(=O)NCCc1ccc(Cl)cc1.Cl. The summed E-state index contributed by atoms with van der Waals surface area (Å²) in [5.41, 5.74) is 1.11. The molecule has 0 aliphatic heterocycles. The first-order valence-corrected chi connectivity index (χ1v) is 6.76. The van der Waals surface area contributed by atoms with E-state index in [1.807, 2.05) is 24.3 Å². The number of nitrogens with zero attached hydrogens (tertiary/aromatic N) is 1. The molecule has 0 aliphatic carbocycles. The molecule has 0 bridgehead atoms. The van der Waals surface area contributed by atoms with Crippen molar-refractivity contribution < 1.29 is 14.7 Å². The molecule has 2 N–H and O–H groups in total. The smallest absolute Gasteiger partial charge is 0.304 e. The van der Waals surface area contributed by atoms with E-state index in [9.17, 15) is 9.59 Å².